The van der Waals surface area contributed by atoms with Crippen LogP contribution in [0.4, 0.5) is 0 Å². The Morgan fingerprint density at radius 1 is 1.00 bits per heavy atom. The lowest BCUT2D eigenvalue weighted by molar-refractivity contribution is 0.0602. The third-order valence-corrected chi connectivity index (χ3v) is 5.53. The highest BCUT2D eigenvalue weighted by Crippen LogP contribution is 2.31. The first kappa shape index (κ1) is 21.3. The van der Waals surface area contributed by atoms with Crippen LogP contribution in [0.15, 0.2) is 66.7 Å². The minimum atomic E-state index is -0.414. The smallest absolute Gasteiger partial charge is 0.340 e. The zero-order valence-electron chi connectivity index (χ0n) is 18.7. The summed E-state index contributed by atoms with van der Waals surface area (Å²) in [4.78, 5) is 17.0. The van der Waals surface area contributed by atoms with E-state index in [0.717, 1.165) is 22.3 Å². The SMILES string of the molecule is CCOc1nc2cccc(C(=O)O[11CH3])c2n1Cc1ccc(-c2ccccc2-c2nn[nH]n2)cc1. The molecule has 0 spiro atoms. The number of nitrogens with zero attached hydrogens (tertiary/aromatic N) is 5. The second-order valence-electron chi connectivity index (χ2n) is 7.56. The molecule has 0 saturated carbocycles. The summed E-state index contributed by atoms with van der Waals surface area (Å²) in [5.41, 5.74) is 5.77. The van der Waals surface area contributed by atoms with E-state index in [1.54, 1.807) is 12.1 Å². The van der Waals surface area contributed by atoms with E-state index >= 15 is 0 Å². The molecule has 5 rings (SSSR count). The van der Waals surface area contributed by atoms with Crippen molar-refractivity contribution < 1.29 is 14.3 Å². The Kier molecular flexibility index (Phi) is 5.73. The van der Waals surface area contributed by atoms with Gasteiger partial charge in [-0.05, 0) is 41.0 Å². The number of aromatic nitrogens is 6. The zero-order valence-corrected chi connectivity index (χ0v) is 18.7. The van der Waals surface area contributed by atoms with Crippen molar-refractivity contribution in [3.8, 4) is 28.5 Å². The lowest BCUT2D eigenvalue weighted by Crippen LogP contribution is -2.09. The van der Waals surface area contributed by atoms with Gasteiger partial charge < -0.3 is 9.47 Å². The molecule has 9 nitrogen and oxygen atoms in total. The Labute approximate surface area is 195 Å². The van der Waals surface area contributed by atoms with Crippen LogP contribution in [0.25, 0.3) is 33.5 Å². The molecule has 3 aromatic carbocycles. The minimum Gasteiger partial charge on any atom is -0.465 e. The first-order valence-corrected chi connectivity index (χ1v) is 10.8. The normalized spacial score (nSPS) is 11.0. The number of imidazole rings is 1. The quantitative estimate of drug-likeness (QED) is 0.369. The molecule has 5 aromatic rings. The Morgan fingerprint density at radius 2 is 1.79 bits per heavy atom. The predicted octanol–water partition coefficient (Wildman–Crippen LogP) is 4.12. The number of hydrogen-bond donors (Lipinski definition) is 1. The summed E-state index contributed by atoms with van der Waals surface area (Å²) in [6.07, 6.45) is 0. The largest absolute Gasteiger partial charge is 0.465 e. The molecule has 170 valence electrons. The number of para-hydroxylation sites is 1. The second-order valence-corrected chi connectivity index (χ2v) is 7.56. The van der Waals surface area contributed by atoms with Gasteiger partial charge in [0.2, 0.25) is 5.82 Å². The Morgan fingerprint density at radius 3 is 2.50 bits per heavy atom. The van der Waals surface area contributed by atoms with Gasteiger partial charge in [0.15, 0.2) is 0 Å². The summed E-state index contributed by atoms with van der Waals surface area (Å²) in [5.74, 6) is 0.129. The van der Waals surface area contributed by atoms with Gasteiger partial charge in [0.1, 0.15) is 0 Å². The maximum atomic E-state index is 12.4. The standard InChI is InChI=1S/C25H22N6O3/c1-3-34-25-26-21-10-6-9-20(24(32)33-2)22(21)31(25)15-16-11-13-17(14-12-16)18-7-4-5-8-19(18)23-27-29-30-28-23/h4-14H,3,15H2,1-2H3,(H,27,28,29,30)/i2-1. The summed E-state index contributed by atoms with van der Waals surface area (Å²) in [7, 11) is 1.37. The molecule has 1 N–H and O–H groups in total. The Bertz CT molecular complexity index is 1440. The molecule has 0 fully saturated rings. The zero-order chi connectivity index (χ0) is 23.5. The van der Waals surface area contributed by atoms with Crippen molar-refractivity contribution in [2.75, 3.05) is 13.7 Å². The van der Waals surface area contributed by atoms with Gasteiger partial charge >= 0.3 is 5.97 Å². The number of esters is 1. The number of H-pyrrole nitrogens is 1. The number of aromatic amines is 1. The molecule has 2 aromatic heterocycles. The third kappa shape index (κ3) is 3.88. The number of fused-ring (bicyclic) bond motifs is 1. The van der Waals surface area contributed by atoms with Crippen LogP contribution in [0.2, 0.25) is 0 Å². The summed E-state index contributed by atoms with van der Waals surface area (Å²) in [6, 6.07) is 22.0. The molecule has 2 heterocycles. The van der Waals surface area contributed by atoms with Crippen LogP contribution in [0.5, 0.6) is 6.01 Å². The van der Waals surface area contributed by atoms with Gasteiger partial charge in [-0.15, -0.1) is 10.2 Å². The highest BCUT2D eigenvalue weighted by molar-refractivity contribution is 6.02. The summed E-state index contributed by atoms with van der Waals surface area (Å²) in [5, 5.41) is 14.4. The number of nitrogens with one attached hydrogen (secondary N) is 1. The number of hydrogen-bond acceptors (Lipinski definition) is 7. The first-order chi connectivity index (χ1) is 16.7. The molecule has 0 aliphatic rings. The van der Waals surface area contributed by atoms with Crippen molar-refractivity contribution in [3.63, 3.8) is 0 Å². The van der Waals surface area contributed by atoms with Crippen LogP contribution in [0.3, 0.4) is 0 Å². The molecule has 34 heavy (non-hydrogen) atoms. The van der Waals surface area contributed by atoms with Crippen molar-refractivity contribution in [2.45, 2.75) is 13.5 Å². The number of tetrazole rings is 1. The molecule has 0 aliphatic heterocycles. The van der Waals surface area contributed by atoms with Gasteiger partial charge in [0, 0.05) is 5.56 Å². The van der Waals surface area contributed by atoms with Gasteiger partial charge in [0.05, 0.1) is 36.9 Å². The van der Waals surface area contributed by atoms with E-state index in [1.807, 2.05) is 54.0 Å². The van der Waals surface area contributed by atoms with Crippen molar-refractivity contribution in [1.29, 1.82) is 0 Å². The fraction of sp³-hybridized carbons (Fsp3) is 0.160. The molecule has 0 bridgehead atoms. The van der Waals surface area contributed by atoms with Crippen LogP contribution >= 0.6 is 0 Å². The molecule has 0 saturated heterocycles. The van der Waals surface area contributed by atoms with Crippen LogP contribution < -0.4 is 4.74 Å². The highest BCUT2D eigenvalue weighted by Gasteiger charge is 2.20. The molecule has 0 radical (unpaired) electrons. The minimum absolute atomic E-state index is 0.414. The monoisotopic (exact) mass is 453 g/mol. The predicted molar refractivity (Wildman–Crippen MR) is 126 cm³/mol. The van der Waals surface area contributed by atoms with Crippen molar-refractivity contribution in [1.82, 2.24) is 30.2 Å². The van der Waals surface area contributed by atoms with E-state index in [4.69, 9.17) is 9.47 Å². The van der Waals surface area contributed by atoms with E-state index in [0.29, 0.717) is 41.6 Å². The Balaban J connectivity index is 1.53. The van der Waals surface area contributed by atoms with Gasteiger partial charge in [-0.2, -0.15) is 10.2 Å². The molecule has 0 atom stereocenters. The lowest BCUT2D eigenvalue weighted by atomic mass is 9.98. The van der Waals surface area contributed by atoms with Crippen LogP contribution in [-0.2, 0) is 11.3 Å². The summed E-state index contributed by atoms with van der Waals surface area (Å²) < 4.78 is 12.7. The molecule has 0 unspecified atom stereocenters. The number of carbonyl (C=O) groups is 1. The average Bonchev–Trinajstić information content (AvgIpc) is 3.53. The summed E-state index contributed by atoms with van der Waals surface area (Å²) in [6.45, 7) is 2.84. The van der Waals surface area contributed by atoms with E-state index in [9.17, 15) is 4.79 Å². The highest BCUT2D eigenvalue weighted by atomic mass is 16.5. The number of methoxy groups -OCH3 is 1. The molecular formula is C25H22N6O3. The molecule has 0 amide bonds. The van der Waals surface area contributed by atoms with Crippen molar-refractivity contribution >= 4 is 17.0 Å². The third-order valence-electron chi connectivity index (χ3n) is 5.53. The van der Waals surface area contributed by atoms with Crippen LogP contribution in [-0.4, -0.2) is 49.9 Å². The van der Waals surface area contributed by atoms with E-state index in [-0.39, 0.29) is 0 Å². The van der Waals surface area contributed by atoms with E-state index < -0.39 is 5.97 Å². The molecule has 0 aliphatic carbocycles. The number of carbonyl (C=O) groups excluding carboxylic acids is 1. The average molecular weight is 453 g/mol. The van der Waals surface area contributed by atoms with Crippen molar-refractivity contribution in [3.05, 3.63) is 77.9 Å². The fourth-order valence-electron chi connectivity index (χ4n) is 4.00. The van der Waals surface area contributed by atoms with Crippen molar-refractivity contribution in [2.24, 2.45) is 0 Å². The van der Waals surface area contributed by atoms with Gasteiger partial charge in [-0.3, -0.25) is 4.57 Å². The van der Waals surface area contributed by atoms with E-state index in [2.05, 4.69) is 37.7 Å². The van der Waals surface area contributed by atoms with E-state index in [1.165, 1.54) is 7.11 Å². The van der Waals surface area contributed by atoms with Gasteiger partial charge in [-0.1, -0.05) is 54.6 Å². The fourth-order valence-corrected chi connectivity index (χ4v) is 4.00. The second kappa shape index (κ2) is 9.14. The molecular weight excluding hydrogens is 431 g/mol. The first-order valence-electron chi connectivity index (χ1n) is 10.8. The topological polar surface area (TPSA) is 108 Å². The maximum Gasteiger partial charge on any atom is 0.340 e. The van der Waals surface area contributed by atoms with Crippen LogP contribution in [0.1, 0.15) is 22.8 Å². The van der Waals surface area contributed by atoms with Gasteiger partial charge in [-0.25, -0.2) is 4.79 Å². The number of ether oxygens (including phenoxy) is 2. The Hall–Kier alpha value is -4.53. The number of rotatable bonds is 7. The molecule has 9 heteroatoms. The number of benzene rings is 3. The van der Waals surface area contributed by atoms with Crippen LogP contribution in [0, 0.1) is 0 Å². The van der Waals surface area contributed by atoms with Gasteiger partial charge in [0.25, 0.3) is 6.01 Å². The maximum absolute atomic E-state index is 12.4. The summed E-state index contributed by atoms with van der Waals surface area (Å²) >= 11 is 0. The lowest BCUT2D eigenvalue weighted by Gasteiger charge is -2.12.